The number of aryl methyl sites for hydroxylation is 2. The lowest BCUT2D eigenvalue weighted by Crippen LogP contribution is -2.33. The molecule has 28 heavy (non-hydrogen) atoms. The van der Waals surface area contributed by atoms with E-state index in [4.69, 9.17) is 11.6 Å². The molecule has 140 valence electrons. The van der Waals surface area contributed by atoms with Gasteiger partial charge in [-0.2, -0.15) is 5.10 Å². The third-order valence-electron chi connectivity index (χ3n) is 4.53. The predicted molar refractivity (Wildman–Crippen MR) is 108 cm³/mol. The second-order valence-corrected chi connectivity index (χ2v) is 6.87. The van der Waals surface area contributed by atoms with Crippen molar-refractivity contribution in [3.8, 4) is 5.69 Å². The van der Waals surface area contributed by atoms with Crippen molar-refractivity contribution < 1.29 is 4.79 Å². The van der Waals surface area contributed by atoms with Crippen LogP contribution in [0.4, 0.5) is 0 Å². The molecule has 8 heteroatoms. The summed E-state index contributed by atoms with van der Waals surface area (Å²) in [5.41, 5.74) is 5.76. The number of amides is 1. The molecule has 4 rings (SSSR count). The molecule has 0 saturated carbocycles. The molecule has 1 N–H and O–H groups in total. The van der Waals surface area contributed by atoms with Gasteiger partial charge < -0.3 is 0 Å². The molecule has 0 bridgehead atoms. The van der Waals surface area contributed by atoms with Crippen LogP contribution >= 0.6 is 11.6 Å². The maximum atomic E-state index is 12.8. The van der Waals surface area contributed by atoms with Crippen LogP contribution in [0.2, 0.25) is 5.02 Å². The number of nitrogens with zero attached hydrogens (tertiary/aromatic N) is 4. The minimum atomic E-state index is -0.421. The molecular weight excluding hydrogens is 378 g/mol. The Labute approximate surface area is 165 Å². The van der Waals surface area contributed by atoms with Gasteiger partial charge in [0.1, 0.15) is 11.7 Å². The molecule has 0 spiro atoms. The van der Waals surface area contributed by atoms with E-state index < -0.39 is 11.5 Å². The van der Waals surface area contributed by atoms with Gasteiger partial charge in [0.2, 0.25) is 0 Å². The number of aromatic nitrogens is 4. The van der Waals surface area contributed by atoms with Crippen molar-refractivity contribution in [2.24, 2.45) is 0 Å². The third kappa shape index (κ3) is 3.16. The number of halogens is 1. The maximum absolute atomic E-state index is 12.8. The highest BCUT2D eigenvalue weighted by atomic mass is 35.5. The first-order valence-electron chi connectivity index (χ1n) is 8.54. The largest absolute Gasteiger partial charge is 0.283 e. The Morgan fingerprint density at radius 2 is 1.93 bits per heavy atom. The van der Waals surface area contributed by atoms with Crippen molar-refractivity contribution in [1.29, 1.82) is 0 Å². The Kier molecular flexibility index (Phi) is 4.44. The molecule has 2 heterocycles. The SMILES string of the molecule is Cc1ccc(C(=O)Nn2cnc3c(cnn3-c3cccc(Cl)c3)c2=O)cc1C. The van der Waals surface area contributed by atoms with Gasteiger partial charge in [-0.15, -0.1) is 0 Å². The monoisotopic (exact) mass is 393 g/mol. The summed E-state index contributed by atoms with van der Waals surface area (Å²) in [4.78, 5) is 29.5. The summed E-state index contributed by atoms with van der Waals surface area (Å²) in [5, 5.41) is 5.07. The molecule has 0 aliphatic heterocycles. The number of carbonyl (C=O) groups excluding carboxylic acids is 1. The molecule has 2 aromatic heterocycles. The van der Waals surface area contributed by atoms with Gasteiger partial charge in [0.05, 0.1) is 11.9 Å². The number of hydrogen-bond acceptors (Lipinski definition) is 4. The van der Waals surface area contributed by atoms with Crippen LogP contribution in [0.25, 0.3) is 16.7 Å². The maximum Gasteiger partial charge on any atom is 0.283 e. The molecule has 0 radical (unpaired) electrons. The highest BCUT2D eigenvalue weighted by Crippen LogP contribution is 2.17. The lowest BCUT2D eigenvalue weighted by Gasteiger charge is -2.09. The van der Waals surface area contributed by atoms with Gasteiger partial charge in [0, 0.05) is 10.6 Å². The Morgan fingerprint density at radius 3 is 2.68 bits per heavy atom. The number of fused-ring (bicyclic) bond motifs is 1. The lowest BCUT2D eigenvalue weighted by atomic mass is 10.1. The molecule has 4 aromatic rings. The van der Waals surface area contributed by atoms with Crippen LogP contribution in [0.1, 0.15) is 21.5 Å². The van der Waals surface area contributed by atoms with Crippen LogP contribution in [-0.4, -0.2) is 25.3 Å². The summed E-state index contributed by atoms with van der Waals surface area (Å²) >= 11 is 6.03. The van der Waals surface area contributed by atoms with Gasteiger partial charge in [-0.3, -0.25) is 15.0 Å². The van der Waals surface area contributed by atoms with Crippen molar-refractivity contribution >= 4 is 28.5 Å². The van der Waals surface area contributed by atoms with Crippen molar-refractivity contribution in [3.63, 3.8) is 0 Å². The molecule has 0 saturated heterocycles. The first kappa shape index (κ1) is 17.9. The summed E-state index contributed by atoms with van der Waals surface area (Å²) in [6.45, 7) is 3.90. The summed E-state index contributed by atoms with van der Waals surface area (Å²) in [5.74, 6) is -0.395. The Bertz CT molecular complexity index is 1280. The Hall–Kier alpha value is -3.45. The average molecular weight is 394 g/mol. The van der Waals surface area contributed by atoms with E-state index in [1.54, 1.807) is 30.3 Å². The third-order valence-corrected chi connectivity index (χ3v) is 4.77. The van der Waals surface area contributed by atoms with Crippen molar-refractivity contribution in [2.45, 2.75) is 13.8 Å². The van der Waals surface area contributed by atoms with Gasteiger partial charge in [-0.05, 0) is 55.3 Å². The van der Waals surface area contributed by atoms with Crippen molar-refractivity contribution in [1.82, 2.24) is 19.4 Å². The fraction of sp³-hybridized carbons (Fsp3) is 0.100. The topological polar surface area (TPSA) is 81.8 Å². The molecular formula is C20H16ClN5O2. The van der Waals surface area contributed by atoms with Gasteiger partial charge in [-0.1, -0.05) is 23.7 Å². The minimum absolute atomic E-state index is 0.280. The molecule has 1 amide bonds. The molecule has 0 aliphatic rings. The number of carbonyl (C=O) groups is 1. The zero-order chi connectivity index (χ0) is 19.8. The molecule has 0 atom stereocenters. The average Bonchev–Trinajstić information content (AvgIpc) is 3.11. The summed E-state index contributed by atoms with van der Waals surface area (Å²) < 4.78 is 2.59. The van der Waals surface area contributed by atoms with E-state index in [0.717, 1.165) is 15.8 Å². The van der Waals surface area contributed by atoms with Crippen LogP contribution in [0.5, 0.6) is 0 Å². The first-order chi connectivity index (χ1) is 13.4. The molecule has 0 aliphatic carbocycles. The quantitative estimate of drug-likeness (QED) is 0.579. The van der Waals surface area contributed by atoms with Crippen LogP contribution in [0.15, 0.2) is 59.8 Å². The zero-order valence-corrected chi connectivity index (χ0v) is 15.9. The van der Waals surface area contributed by atoms with Crippen LogP contribution < -0.4 is 11.0 Å². The molecule has 2 aromatic carbocycles. The van der Waals surface area contributed by atoms with E-state index >= 15 is 0 Å². The summed E-state index contributed by atoms with van der Waals surface area (Å²) in [6, 6.07) is 12.4. The van der Waals surface area contributed by atoms with Gasteiger partial charge in [0.15, 0.2) is 5.65 Å². The summed E-state index contributed by atoms with van der Waals surface area (Å²) in [6.07, 6.45) is 2.69. The fourth-order valence-electron chi connectivity index (χ4n) is 2.84. The number of hydrogen-bond donors (Lipinski definition) is 1. The van der Waals surface area contributed by atoms with Gasteiger partial charge in [0.25, 0.3) is 11.5 Å². The van der Waals surface area contributed by atoms with E-state index in [1.807, 2.05) is 26.0 Å². The zero-order valence-electron chi connectivity index (χ0n) is 15.2. The first-order valence-corrected chi connectivity index (χ1v) is 8.92. The van der Waals surface area contributed by atoms with E-state index in [2.05, 4.69) is 15.5 Å². The minimum Gasteiger partial charge on any atom is -0.267 e. The smallest absolute Gasteiger partial charge is 0.267 e. The number of benzene rings is 2. The van der Waals surface area contributed by atoms with E-state index in [9.17, 15) is 9.59 Å². The highest BCUT2D eigenvalue weighted by Gasteiger charge is 2.14. The number of rotatable bonds is 3. The Morgan fingerprint density at radius 1 is 1.11 bits per heavy atom. The van der Waals surface area contributed by atoms with Crippen molar-refractivity contribution in [3.05, 3.63) is 87.1 Å². The fourth-order valence-corrected chi connectivity index (χ4v) is 3.03. The predicted octanol–water partition coefficient (Wildman–Crippen LogP) is 3.24. The van der Waals surface area contributed by atoms with Crippen LogP contribution in [0.3, 0.4) is 0 Å². The van der Waals surface area contributed by atoms with E-state index in [1.165, 1.54) is 17.2 Å². The van der Waals surface area contributed by atoms with Crippen LogP contribution in [-0.2, 0) is 0 Å². The second kappa shape index (κ2) is 6.94. The molecule has 7 nitrogen and oxygen atoms in total. The normalized spacial score (nSPS) is 11.0. The number of nitrogens with one attached hydrogen (secondary N) is 1. The van der Waals surface area contributed by atoms with Crippen LogP contribution in [0, 0.1) is 13.8 Å². The molecule has 0 fully saturated rings. The lowest BCUT2D eigenvalue weighted by molar-refractivity contribution is 0.101. The van der Waals surface area contributed by atoms with E-state index in [0.29, 0.717) is 21.9 Å². The summed E-state index contributed by atoms with van der Waals surface area (Å²) in [7, 11) is 0. The van der Waals surface area contributed by atoms with Crippen molar-refractivity contribution in [2.75, 3.05) is 5.43 Å². The highest BCUT2D eigenvalue weighted by molar-refractivity contribution is 6.30. The van der Waals surface area contributed by atoms with Gasteiger partial charge in [-0.25, -0.2) is 14.3 Å². The molecule has 0 unspecified atom stereocenters. The standard InChI is InChI=1S/C20H16ClN5O2/c1-12-6-7-14(8-13(12)2)19(27)24-25-11-22-18-17(20(25)28)10-23-26(18)16-5-3-4-15(21)9-16/h3-11H,1-2H3,(H,24,27). The Balaban J connectivity index is 1.70. The van der Waals surface area contributed by atoms with E-state index in [-0.39, 0.29) is 5.39 Å². The van der Waals surface area contributed by atoms with Gasteiger partial charge >= 0.3 is 0 Å². The second-order valence-electron chi connectivity index (χ2n) is 6.43.